The molecule has 0 aliphatic carbocycles. The highest BCUT2D eigenvalue weighted by atomic mass is 35.5. The second-order valence-corrected chi connectivity index (χ2v) is 5.78. The van der Waals surface area contributed by atoms with Crippen LogP contribution in [0.2, 0.25) is 0 Å². The average Bonchev–Trinajstić information content (AvgIpc) is 2.30. The van der Waals surface area contributed by atoms with Gasteiger partial charge in [-0.15, -0.1) is 24.0 Å². The average molecular weight is 305 g/mol. The first kappa shape index (κ1) is 18.2. The molecule has 0 unspecified atom stereocenters. The van der Waals surface area contributed by atoms with E-state index in [1.54, 1.807) is 0 Å². The van der Waals surface area contributed by atoms with Crippen LogP contribution in [0.3, 0.4) is 0 Å². The molecule has 1 rings (SSSR count). The summed E-state index contributed by atoms with van der Waals surface area (Å²) in [7, 11) is 0. The molecule has 0 radical (unpaired) electrons. The minimum atomic E-state index is -0.402. The van der Waals surface area contributed by atoms with Crippen LogP contribution in [0.4, 0.5) is 5.82 Å². The van der Waals surface area contributed by atoms with E-state index in [4.69, 9.17) is 11.6 Å². The molecule has 0 spiro atoms. The molecule has 0 aromatic carbocycles. The molecule has 1 N–H and O–H groups in total. The van der Waals surface area contributed by atoms with Crippen LogP contribution in [0.5, 0.6) is 0 Å². The van der Waals surface area contributed by atoms with Gasteiger partial charge >= 0.3 is 0 Å². The lowest BCUT2D eigenvalue weighted by molar-refractivity contribution is -0.123. The SMILES string of the molecule is CC(C)(C)C(=O)Nc1ccc(CCCCCl)cn1.Cl. The van der Waals surface area contributed by atoms with Crippen LogP contribution in [0, 0.1) is 5.41 Å². The molecule has 1 aromatic heterocycles. The molecule has 19 heavy (non-hydrogen) atoms. The molecule has 3 nitrogen and oxygen atoms in total. The minimum Gasteiger partial charge on any atom is -0.310 e. The zero-order valence-electron chi connectivity index (χ0n) is 11.7. The van der Waals surface area contributed by atoms with Gasteiger partial charge in [-0.1, -0.05) is 26.8 Å². The first-order chi connectivity index (χ1) is 8.43. The standard InChI is InChI=1S/C14H21ClN2O.ClH/c1-14(2,3)13(18)17-12-8-7-11(10-16-12)6-4-5-9-15;/h7-8,10H,4-6,9H2,1-3H3,(H,16,17,18);1H. The Morgan fingerprint density at radius 3 is 2.47 bits per heavy atom. The van der Waals surface area contributed by atoms with Crippen molar-refractivity contribution in [1.82, 2.24) is 4.98 Å². The van der Waals surface area contributed by atoms with Crippen molar-refractivity contribution >= 4 is 35.7 Å². The Bertz CT molecular complexity index is 385. The summed E-state index contributed by atoms with van der Waals surface area (Å²) in [6, 6.07) is 3.85. The number of amides is 1. The fourth-order valence-electron chi connectivity index (χ4n) is 1.37. The summed E-state index contributed by atoms with van der Waals surface area (Å²) < 4.78 is 0. The zero-order chi connectivity index (χ0) is 13.6. The zero-order valence-corrected chi connectivity index (χ0v) is 13.3. The Kier molecular flexibility index (Phi) is 8.03. The summed E-state index contributed by atoms with van der Waals surface area (Å²) in [5.41, 5.74) is 0.773. The Hall–Kier alpha value is -0.800. The smallest absolute Gasteiger partial charge is 0.230 e. The highest BCUT2D eigenvalue weighted by Crippen LogP contribution is 2.16. The van der Waals surface area contributed by atoms with Gasteiger partial charge in [0, 0.05) is 17.5 Å². The maximum absolute atomic E-state index is 11.8. The van der Waals surface area contributed by atoms with Gasteiger partial charge in [0.05, 0.1) is 0 Å². The number of pyridine rings is 1. The molecule has 0 fully saturated rings. The molecule has 0 bridgehead atoms. The van der Waals surface area contributed by atoms with Crippen molar-refractivity contribution in [3.8, 4) is 0 Å². The van der Waals surface area contributed by atoms with Crippen molar-refractivity contribution < 1.29 is 4.79 Å². The third-order valence-corrected chi connectivity index (χ3v) is 2.86. The van der Waals surface area contributed by atoms with E-state index >= 15 is 0 Å². The highest BCUT2D eigenvalue weighted by molar-refractivity contribution is 6.17. The predicted molar refractivity (Wildman–Crippen MR) is 83.2 cm³/mol. The number of carbonyl (C=O) groups is 1. The minimum absolute atomic E-state index is 0. The summed E-state index contributed by atoms with van der Waals surface area (Å²) in [6.07, 6.45) is 4.88. The van der Waals surface area contributed by atoms with Gasteiger partial charge in [-0.05, 0) is 30.9 Å². The van der Waals surface area contributed by atoms with Crippen molar-refractivity contribution in [1.29, 1.82) is 0 Å². The van der Waals surface area contributed by atoms with Gasteiger partial charge in [-0.2, -0.15) is 0 Å². The van der Waals surface area contributed by atoms with E-state index < -0.39 is 5.41 Å². The molecular formula is C14H22Cl2N2O. The third kappa shape index (κ3) is 6.79. The first-order valence-electron chi connectivity index (χ1n) is 6.26. The third-order valence-electron chi connectivity index (χ3n) is 2.60. The molecular weight excluding hydrogens is 283 g/mol. The number of nitrogens with one attached hydrogen (secondary N) is 1. The highest BCUT2D eigenvalue weighted by Gasteiger charge is 2.21. The Labute approximate surface area is 126 Å². The summed E-state index contributed by atoms with van der Waals surface area (Å²) in [5.74, 6) is 1.29. The molecule has 5 heteroatoms. The van der Waals surface area contributed by atoms with Crippen molar-refractivity contribution in [2.75, 3.05) is 11.2 Å². The van der Waals surface area contributed by atoms with E-state index in [0.717, 1.165) is 19.3 Å². The maximum atomic E-state index is 11.8. The number of anilines is 1. The number of carbonyl (C=O) groups excluding carboxylic acids is 1. The summed E-state index contributed by atoms with van der Waals surface area (Å²) in [6.45, 7) is 5.63. The lowest BCUT2D eigenvalue weighted by atomic mass is 9.96. The summed E-state index contributed by atoms with van der Waals surface area (Å²) >= 11 is 5.63. The Balaban J connectivity index is 0.00000324. The number of hydrogen-bond donors (Lipinski definition) is 1. The van der Waals surface area contributed by atoms with Gasteiger partial charge in [0.1, 0.15) is 5.82 Å². The van der Waals surface area contributed by atoms with E-state index in [1.807, 2.05) is 39.1 Å². The lowest BCUT2D eigenvalue weighted by Gasteiger charge is -2.17. The summed E-state index contributed by atoms with van der Waals surface area (Å²) in [5, 5.41) is 2.81. The topological polar surface area (TPSA) is 42.0 Å². The molecule has 1 heterocycles. The van der Waals surface area contributed by atoms with Crippen LogP contribution < -0.4 is 5.32 Å². The fraction of sp³-hybridized carbons (Fsp3) is 0.571. The van der Waals surface area contributed by atoms with Gasteiger partial charge in [0.25, 0.3) is 0 Å². The van der Waals surface area contributed by atoms with E-state index in [1.165, 1.54) is 5.56 Å². The van der Waals surface area contributed by atoms with Gasteiger partial charge in [0.15, 0.2) is 0 Å². The van der Waals surface area contributed by atoms with Crippen molar-refractivity contribution in [3.63, 3.8) is 0 Å². The molecule has 0 aliphatic heterocycles. The van der Waals surface area contributed by atoms with Crippen molar-refractivity contribution in [2.24, 2.45) is 5.41 Å². The molecule has 0 atom stereocenters. The lowest BCUT2D eigenvalue weighted by Crippen LogP contribution is -2.27. The van der Waals surface area contributed by atoms with E-state index in [9.17, 15) is 4.79 Å². The first-order valence-corrected chi connectivity index (χ1v) is 6.79. The number of unbranched alkanes of at least 4 members (excludes halogenated alkanes) is 1. The quantitative estimate of drug-likeness (QED) is 0.658. The van der Waals surface area contributed by atoms with Gasteiger partial charge in [-0.3, -0.25) is 4.79 Å². The number of halogens is 2. The Morgan fingerprint density at radius 2 is 2.00 bits per heavy atom. The van der Waals surface area contributed by atoms with Crippen LogP contribution >= 0.6 is 24.0 Å². The number of hydrogen-bond acceptors (Lipinski definition) is 2. The number of aryl methyl sites for hydroxylation is 1. The van der Waals surface area contributed by atoms with Crippen LogP contribution in [-0.4, -0.2) is 16.8 Å². The van der Waals surface area contributed by atoms with E-state index in [0.29, 0.717) is 11.7 Å². The number of alkyl halides is 1. The largest absolute Gasteiger partial charge is 0.310 e. The second-order valence-electron chi connectivity index (χ2n) is 5.40. The van der Waals surface area contributed by atoms with Crippen LogP contribution in [0.15, 0.2) is 18.3 Å². The number of nitrogens with zero attached hydrogens (tertiary/aromatic N) is 1. The normalized spacial score (nSPS) is 10.7. The monoisotopic (exact) mass is 304 g/mol. The maximum Gasteiger partial charge on any atom is 0.230 e. The second kappa shape index (κ2) is 8.39. The van der Waals surface area contributed by atoms with Gasteiger partial charge < -0.3 is 5.32 Å². The van der Waals surface area contributed by atoms with E-state index in [2.05, 4.69) is 10.3 Å². The molecule has 108 valence electrons. The van der Waals surface area contributed by atoms with E-state index in [-0.39, 0.29) is 18.3 Å². The summed E-state index contributed by atoms with van der Waals surface area (Å²) in [4.78, 5) is 16.0. The van der Waals surface area contributed by atoms with Gasteiger partial charge in [0.2, 0.25) is 5.91 Å². The number of aromatic nitrogens is 1. The molecule has 0 aliphatic rings. The number of rotatable bonds is 5. The Morgan fingerprint density at radius 1 is 1.32 bits per heavy atom. The van der Waals surface area contributed by atoms with Crippen LogP contribution in [0.25, 0.3) is 0 Å². The van der Waals surface area contributed by atoms with Gasteiger partial charge in [-0.25, -0.2) is 4.98 Å². The molecule has 1 aromatic rings. The molecule has 0 saturated heterocycles. The fourth-order valence-corrected chi connectivity index (χ4v) is 1.56. The molecule has 1 amide bonds. The van der Waals surface area contributed by atoms with Crippen LogP contribution in [-0.2, 0) is 11.2 Å². The predicted octanol–water partition coefficient (Wildman–Crippen LogP) is 4.05. The van der Waals surface area contributed by atoms with Crippen molar-refractivity contribution in [3.05, 3.63) is 23.9 Å². The molecule has 0 saturated carbocycles. The van der Waals surface area contributed by atoms with Crippen molar-refractivity contribution in [2.45, 2.75) is 40.0 Å². The van der Waals surface area contributed by atoms with Crippen LogP contribution in [0.1, 0.15) is 39.2 Å².